The summed E-state index contributed by atoms with van der Waals surface area (Å²) in [5.74, 6) is 0.662. The molecule has 0 aliphatic carbocycles. The maximum absolute atomic E-state index is 13.0. The van der Waals surface area contributed by atoms with Gasteiger partial charge >= 0.3 is 0 Å². The molecule has 1 saturated heterocycles. The molecule has 0 spiro atoms. The Bertz CT molecular complexity index is 915. The monoisotopic (exact) mass is 340 g/mol. The molecular formula is C17H20N6O2. The molecule has 130 valence electrons. The van der Waals surface area contributed by atoms with Crippen LogP contribution in [0.1, 0.15) is 34.9 Å². The Kier molecular flexibility index (Phi) is 3.96. The fourth-order valence-corrected chi connectivity index (χ4v) is 3.19. The summed E-state index contributed by atoms with van der Waals surface area (Å²) >= 11 is 0. The van der Waals surface area contributed by atoms with Gasteiger partial charge in [-0.05, 0) is 26.0 Å². The van der Waals surface area contributed by atoms with Crippen molar-refractivity contribution in [1.82, 2.24) is 29.9 Å². The fourth-order valence-electron chi connectivity index (χ4n) is 3.19. The molecule has 0 saturated carbocycles. The summed E-state index contributed by atoms with van der Waals surface area (Å²) in [5.41, 5.74) is 2.42. The Morgan fingerprint density at radius 2 is 2.32 bits per heavy atom. The molecule has 1 aliphatic heterocycles. The molecule has 0 bridgehead atoms. The van der Waals surface area contributed by atoms with Crippen LogP contribution in [-0.2, 0) is 11.3 Å². The summed E-state index contributed by atoms with van der Waals surface area (Å²) in [6, 6.07) is 5.93. The van der Waals surface area contributed by atoms with E-state index in [4.69, 9.17) is 4.74 Å². The summed E-state index contributed by atoms with van der Waals surface area (Å²) in [5, 5.41) is 16.1. The highest BCUT2D eigenvalue weighted by Gasteiger charge is 2.30. The number of hydrogen-bond acceptors (Lipinski definition) is 5. The third-order valence-corrected chi connectivity index (χ3v) is 4.55. The van der Waals surface area contributed by atoms with Crippen molar-refractivity contribution in [2.24, 2.45) is 0 Å². The average Bonchev–Trinajstić information content (AvgIpc) is 3.27. The van der Waals surface area contributed by atoms with E-state index in [2.05, 4.69) is 20.4 Å². The van der Waals surface area contributed by atoms with E-state index in [9.17, 15) is 4.79 Å². The van der Waals surface area contributed by atoms with Crippen molar-refractivity contribution in [3.05, 3.63) is 41.6 Å². The molecule has 1 amide bonds. The van der Waals surface area contributed by atoms with Gasteiger partial charge in [0.1, 0.15) is 12.4 Å². The number of nitrogens with one attached hydrogen (secondary N) is 1. The van der Waals surface area contributed by atoms with Crippen LogP contribution in [0.2, 0.25) is 0 Å². The third-order valence-electron chi connectivity index (χ3n) is 4.55. The summed E-state index contributed by atoms with van der Waals surface area (Å²) < 4.78 is 7.76. The Morgan fingerprint density at radius 1 is 1.44 bits per heavy atom. The van der Waals surface area contributed by atoms with Crippen LogP contribution in [0, 0.1) is 6.92 Å². The summed E-state index contributed by atoms with van der Waals surface area (Å²) in [4.78, 5) is 14.8. The normalized spacial score (nSPS) is 18.0. The van der Waals surface area contributed by atoms with Gasteiger partial charge < -0.3 is 14.2 Å². The first kappa shape index (κ1) is 15.8. The van der Waals surface area contributed by atoms with E-state index in [0.717, 1.165) is 28.8 Å². The smallest absolute Gasteiger partial charge is 0.275 e. The minimum Gasteiger partial charge on any atom is -0.366 e. The maximum Gasteiger partial charge on any atom is 0.275 e. The highest BCUT2D eigenvalue weighted by atomic mass is 16.5. The number of benzene rings is 1. The van der Waals surface area contributed by atoms with Crippen molar-refractivity contribution in [1.29, 1.82) is 0 Å². The van der Waals surface area contributed by atoms with Crippen molar-refractivity contribution < 1.29 is 9.53 Å². The van der Waals surface area contributed by atoms with Crippen LogP contribution in [0.4, 0.5) is 0 Å². The Morgan fingerprint density at radius 3 is 3.16 bits per heavy atom. The van der Waals surface area contributed by atoms with Gasteiger partial charge in [-0.15, -0.1) is 10.2 Å². The highest BCUT2D eigenvalue weighted by molar-refractivity contribution is 6.04. The number of H-pyrrole nitrogens is 1. The van der Waals surface area contributed by atoms with E-state index in [0.29, 0.717) is 25.4 Å². The van der Waals surface area contributed by atoms with Gasteiger partial charge in [0.2, 0.25) is 0 Å². The van der Waals surface area contributed by atoms with Gasteiger partial charge in [-0.25, -0.2) is 0 Å². The van der Waals surface area contributed by atoms with Crippen LogP contribution < -0.4 is 0 Å². The second kappa shape index (κ2) is 6.29. The maximum atomic E-state index is 13.0. The molecule has 25 heavy (non-hydrogen) atoms. The second-order valence-corrected chi connectivity index (χ2v) is 6.21. The van der Waals surface area contributed by atoms with Gasteiger partial charge in [0.15, 0.2) is 11.5 Å². The Balaban J connectivity index is 1.60. The topological polar surface area (TPSA) is 88.9 Å². The van der Waals surface area contributed by atoms with Gasteiger partial charge in [-0.2, -0.15) is 5.10 Å². The SMILES string of the molecule is CCn1cnnc1C1CN(C(=O)c2n[nH]c3ccc(C)cc23)CCO1. The number of amides is 1. The molecule has 1 aliphatic rings. The van der Waals surface area contributed by atoms with Gasteiger partial charge in [-0.3, -0.25) is 9.89 Å². The molecule has 1 atom stereocenters. The molecule has 0 radical (unpaired) electrons. The zero-order valence-electron chi connectivity index (χ0n) is 14.3. The first-order valence-corrected chi connectivity index (χ1v) is 8.40. The molecule has 1 unspecified atom stereocenters. The van der Waals surface area contributed by atoms with Crippen LogP contribution in [-0.4, -0.2) is 55.5 Å². The van der Waals surface area contributed by atoms with Crippen LogP contribution in [0.5, 0.6) is 0 Å². The highest BCUT2D eigenvalue weighted by Crippen LogP contribution is 2.24. The predicted molar refractivity (Wildman–Crippen MR) is 91.1 cm³/mol. The zero-order chi connectivity index (χ0) is 17.4. The molecule has 1 fully saturated rings. The van der Waals surface area contributed by atoms with Crippen LogP contribution in [0.15, 0.2) is 24.5 Å². The van der Waals surface area contributed by atoms with Crippen LogP contribution >= 0.6 is 0 Å². The Labute approximate surface area is 144 Å². The molecule has 8 nitrogen and oxygen atoms in total. The molecule has 3 aromatic rings. The Hall–Kier alpha value is -2.74. The van der Waals surface area contributed by atoms with Crippen molar-refractivity contribution in [2.75, 3.05) is 19.7 Å². The van der Waals surface area contributed by atoms with Crippen molar-refractivity contribution in [2.45, 2.75) is 26.5 Å². The fraction of sp³-hybridized carbons (Fsp3) is 0.412. The molecule has 4 rings (SSSR count). The first-order valence-electron chi connectivity index (χ1n) is 8.40. The molecule has 3 heterocycles. The van der Waals surface area contributed by atoms with E-state index < -0.39 is 0 Å². The number of ether oxygens (including phenoxy) is 1. The number of rotatable bonds is 3. The number of carbonyl (C=O) groups is 1. The number of carbonyl (C=O) groups excluding carboxylic acids is 1. The number of morpholine rings is 1. The van der Waals surface area contributed by atoms with E-state index in [-0.39, 0.29) is 12.0 Å². The predicted octanol–water partition coefficient (Wildman–Crippen LogP) is 1.70. The minimum absolute atomic E-state index is 0.0901. The molecule has 1 aromatic carbocycles. The third kappa shape index (κ3) is 2.78. The molecule has 2 aromatic heterocycles. The number of aromatic nitrogens is 5. The van der Waals surface area contributed by atoms with E-state index >= 15 is 0 Å². The van der Waals surface area contributed by atoms with E-state index in [1.807, 2.05) is 36.6 Å². The second-order valence-electron chi connectivity index (χ2n) is 6.21. The lowest BCUT2D eigenvalue weighted by atomic mass is 10.1. The molecule has 8 heteroatoms. The summed E-state index contributed by atoms with van der Waals surface area (Å²) in [6.45, 7) is 6.24. The van der Waals surface area contributed by atoms with E-state index in [1.165, 1.54) is 0 Å². The van der Waals surface area contributed by atoms with E-state index in [1.54, 1.807) is 11.2 Å². The minimum atomic E-state index is -0.271. The van der Waals surface area contributed by atoms with Crippen LogP contribution in [0.3, 0.4) is 0 Å². The van der Waals surface area contributed by atoms with Gasteiger partial charge in [0, 0.05) is 18.5 Å². The van der Waals surface area contributed by atoms with Gasteiger partial charge in [0.25, 0.3) is 5.91 Å². The van der Waals surface area contributed by atoms with Gasteiger partial charge in [-0.1, -0.05) is 11.6 Å². The quantitative estimate of drug-likeness (QED) is 0.784. The number of aromatic amines is 1. The lowest BCUT2D eigenvalue weighted by Gasteiger charge is -2.32. The van der Waals surface area contributed by atoms with Crippen LogP contribution in [0.25, 0.3) is 10.9 Å². The van der Waals surface area contributed by atoms with Crippen molar-refractivity contribution in [3.63, 3.8) is 0 Å². The lowest BCUT2D eigenvalue weighted by Crippen LogP contribution is -2.43. The zero-order valence-corrected chi connectivity index (χ0v) is 14.3. The summed E-state index contributed by atoms with van der Waals surface area (Å²) in [6.07, 6.45) is 1.41. The molecule has 1 N–H and O–H groups in total. The lowest BCUT2D eigenvalue weighted by molar-refractivity contribution is -0.0285. The number of hydrogen-bond donors (Lipinski definition) is 1. The van der Waals surface area contributed by atoms with Crippen molar-refractivity contribution >= 4 is 16.8 Å². The number of nitrogens with zero attached hydrogens (tertiary/aromatic N) is 5. The summed E-state index contributed by atoms with van der Waals surface area (Å²) in [7, 11) is 0. The standard InChI is InChI=1S/C17H20N6O2/c1-3-22-10-18-21-16(22)14-9-23(6-7-25-14)17(24)15-12-8-11(2)4-5-13(12)19-20-15/h4-5,8,10,14H,3,6-7,9H2,1-2H3,(H,19,20). The number of fused-ring (bicyclic) bond motifs is 1. The largest absolute Gasteiger partial charge is 0.366 e. The number of aryl methyl sites for hydroxylation is 2. The van der Waals surface area contributed by atoms with Gasteiger partial charge in [0.05, 0.1) is 18.7 Å². The average molecular weight is 340 g/mol. The first-order chi connectivity index (χ1) is 12.2. The molecular weight excluding hydrogens is 320 g/mol. The van der Waals surface area contributed by atoms with Crippen molar-refractivity contribution in [3.8, 4) is 0 Å².